The Morgan fingerprint density at radius 3 is 2.48 bits per heavy atom. The van der Waals surface area contributed by atoms with Gasteiger partial charge in [-0.2, -0.15) is 0 Å². The second-order valence-corrected chi connectivity index (χ2v) is 6.82. The van der Waals surface area contributed by atoms with Crippen molar-refractivity contribution in [3.8, 4) is 5.75 Å². The van der Waals surface area contributed by atoms with Gasteiger partial charge >= 0.3 is 5.69 Å². The minimum absolute atomic E-state index is 0.0141. The molecule has 1 fully saturated rings. The van der Waals surface area contributed by atoms with E-state index >= 15 is 0 Å². The van der Waals surface area contributed by atoms with Crippen LogP contribution in [0.25, 0.3) is 10.8 Å². The molecule has 1 saturated heterocycles. The van der Waals surface area contributed by atoms with Crippen molar-refractivity contribution in [3.05, 3.63) is 45.5 Å². The van der Waals surface area contributed by atoms with E-state index in [0.29, 0.717) is 10.9 Å². The topological polar surface area (TPSA) is 93.0 Å². The van der Waals surface area contributed by atoms with Gasteiger partial charge in [0.05, 0.1) is 29.7 Å². The zero-order valence-corrected chi connectivity index (χ0v) is 14.9. The summed E-state index contributed by atoms with van der Waals surface area (Å²) in [6.45, 7) is 1.92. The van der Waals surface area contributed by atoms with E-state index in [9.17, 15) is 19.7 Å². The van der Waals surface area contributed by atoms with Crippen LogP contribution in [0.3, 0.4) is 0 Å². The number of nitrogens with zero attached hydrogens (tertiary/aromatic N) is 3. The van der Waals surface area contributed by atoms with Crippen LogP contribution in [0, 0.1) is 10.1 Å². The molecule has 0 saturated carbocycles. The van der Waals surface area contributed by atoms with Gasteiger partial charge in [0.1, 0.15) is 0 Å². The normalized spacial score (nSPS) is 17.4. The number of hydrogen-bond donors (Lipinski definition) is 0. The van der Waals surface area contributed by atoms with Gasteiger partial charge in [-0.15, -0.1) is 0 Å². The molecule has 0 atom stereocenters. The van der Waals surface area contributed by atoms with Gasteiger partial charge in [0.2, 0.25) is 0 Å². The molecule has 8 nitrogen and oxygen atoms in total. The number of nitro benzene ring substituents is 1. The van der Waals surface area contributed by atoms with Crippen LogP contribution in [-0.2, 0) is 0 Å². The molecule has 8 heteroatoms. The fourth-order valence-electron chi connectivity index (χ4n) is 3.95. The van der Waals surface area contributed by atoms with Gasteiger partial charge in [0.15, 0.2) is 5.75 Å². The summed E-state index contributed by atoms with van der Waals surface area (Å²) in [6, 6.07) is 6.13. The molecule has 4 rings (SSSR count). The second-order valence-electron chi connectivity index (χ2n) is 6.82. The number of benzene rings is 2. The molecule has 2 heterocycles. The predicted molar refractivity (Wildman–Crippen MR) is 97.9 cm³/mol. The number of methoxy groups -OCH3 is 1. The number of amides is 2. The predicted octanol–water partition coefficient (Wildman–Crippen LogP) is 2.80. The number of carbonyl (C=O) groups excluding carboxylic acids is 2. The molecule has 2 amide bonds. The molecule has 2 aliphatic rings. The first-order valence-corrected chi connectivity index (χ1v) is 8.89. The molecule has 0 aromatic heterocycles. The molecule has 0 spiro atoms. The summed E-state index contributed by atoms with van der Waals surface area (Å²) in [5.74, 6) is -0.842. The Kier molecular flexibility index (Phi) is 4.27. The maximum absolute atomic E-state index is 13.1. The maximum Gasteiger partial charge on any atom is 0.318 e. The average molecular weight is 369 g/mol. The van der Waals surface area contributed by atoms with Crippen LogP contribution in [0.2, 0.25) is 0 Å². The zero-order valence-electron chi connectivity index (χ0n) is 14.9. The van der Waals surface area contributed by atoms with Gasteiger partial charge in [0.25, 0.3) is 11.8 Å². The van der Waals surface area contributed by atoms with Gasteiger partial charge in [-0.3, -0.25) is 29.5 Å². The van der Waals surface area contributed by atoms with Gasteiger partial charge < -0.3 is 4.74 Å². The van der Waals surface area contributed by atoms with Gasteiger partial charge in [-0.25, -0.2) is 0 Å². The summed E-state index contributed by atoms with van der Waals surface area (Å²) in [7, 11) is 1.33. The SMILES string of the molecule is COc1cc2c3c(cccc3c1[N+](=O)[O-])C(=O)N(CN1CCCCC1)C2=O. The van der Waals surface area contributed by atoms with E-state index in [1.54, 1.807) is 18.2 Å². The Bertz CT molecular complexity index is 965. The molecule has 0 radical (unpaired) electrons. The van der Waals surface area contributed by atoms with Crippen LogP contribution in [0.15, 0.2) is 24.3 Å². The molecule has 140 valence electrons. The van der Waals surface area contributed by atoms with E-state index in [1.807, 2.05) is 0 Å². The minimum atomic E-state index is -0.545. The Balaban J connectivity index is 1.86. The van der Waals surface area contributed by atoms with Crippen molar-refractivity contribution in [1.29, 1.82) is 0 Å². The monoisotopic (exact) mass is 369 g/mol. The third-order valence-electron chi connectivity index (χ3n) is 5.24. The lowest BCUT2D eigenvalue weighted by Gasteiger charge is -2.34. The number of ether oxygens (including phenoxy) is 1. The number of likely N-dealkylation sites (tertiary alicyclic amines) is 1. The fourth-order valence-corrected chi connectivity index (χ4v) is 3.95. The van der Waals surface area contributed by atoms with Crippen LogP contribution in [0.5, 0.6) is 5.75 Å². The quantitative estimate of drug-likeness (QED) is 0.467. The van der Waals surface area contributed by atoms with Gasteiger partial charge in [0, 0.05) is 17.0 Å². The highest BCUT2D eigenvalue weighted by atomic mass is 16.6. The summed E-state index contributed by atoms with van der Waals surface area (Å²) >= 11 is 0. The first-order chi connectivity index (χ1) is 13.0. The molecule has 0 unspecified atom stereocenters. The number of rotatable bonds is 4. The van der Waals surface area contributed by atoms with Crippen LogP contribution in [0.4, 0.5) is 5.69 Å². The highest BCUT2D eigenvalue weighted by molar-refractivity contribution is 6.26. The van der Waals surface area contributed by atoms with Crippen LogP contribution >= 0.6 is 0 Å². The largest absolute Gasteiger partial charge is 0.490 e. The van der Waals surface area contributed by atoms with Crippen molar-refractivity contribution in [2.45, 2.75) is 19.3 Å². The summed E-state index contributed by atoms with van der Waals surface area (Å²) in [4.78, 5) is 40.4. The molecule has 0 aliphatic carbocycles. The van der Waals surface area contributed by atoms with E-state index in [2.05, 4.69) is 4.90 Å². The number of hydrogen-bond acceptors (Lipinski definition) is 6. The Hall–Kier alpha value is -3.00. The number of piperidine rings is 1. The van der Waals surface area contributed by atoms with Crippen molar-refractivity contribution >= 4 is 28.3 Å². The number of carbonyl (C=O) groups is 2. The first kappa shape index (κ1) is 17.4. The van der Waals surface area contributed by atoms with E-state index < -0.39 is 16.7 Å². The third-order valence-corrected chi connectivity index (χ3v) is 5.24. The minimum Gasteiger partial charge on any atom is -0.490 e. The third kappa shape index (κ3) is 2.73. The van der Waals surface area contributed by atoms with E-state index in [0.717, 1.165) is 32.4 Å². The summed E-state index contributed by atoms with van der Waals surface area (Å²) in [5, 5.41) is 12.1. The van der Waals surface area contributed by atoms with E-state index in [1.165, 1.54) is 18.1 Å². The lowest BCUT2D eigenvalue weighted by atomic mass is 9.92. The molecular formula is C19H19N3O5. The Labute approximate surface area is 155 Å². The van der Waals surface area contributed by atoms with Crippen molar-refractivity contribution < 1.29 is 19.2 Å². The fraction of sp³-hybridized carbons (Fsp3) is 0.368. The molecule has 0 bridgehead atoms. The first-order valence-electron chi connectivity index (χ1n) is 8.89. The molecule has 2 aromatic rings. The maximum atomic E-state index is 13.1. The second kappa shape index (κ2) is 6.62. The molecule has 2 aromatic carbocycles. The number of imide groups is 1. The van der Waals surface area contributed by atoms with Crippen LogP contribution in [-0.4, -0.2) is 53.4 Å². The number of nitro groups is 1. The van der Waals surface area contributed by atoms with Crippen LogP contribution in [0.1, 0.15) is 40.0 Å². The van der Waals surface area contributed by atoms with Crippen molar-refractivity contribution in [2.75, 3.05) is 26.9 Å². The van der Waals surface area contributed by atoms with Crippen LogP contribution < -0.4 is 4.74 Å². The van der Waals surface area contributed by atoms with Crippen molar-refractivity contribution in [3.63, 3.8) is 0 Å². The Morgan fingerprint density at radius 1 is 1.11 bits per heavy atom. The average Bonchev–Trinajstić information content (AvgIpc) is 2.68. The highest BCUT2D eigenvalue weighted by Gasteiger charge is 2.37. The molecule has 27 heavy (non-hydrogen) atoms. The van der Waals surface area contributed by atoms with Crippen molar-refractivity contribution in [1.82, 2.24) is 9.80 Å². The smallest absolute Gasteiger partial charge is 0.318 e. The lowest BCUT2D eigenvalue weighted by Crippen LogP contribution is -2.48. The highest BCUT2D eigenvalue weighted by Crippen LogP contribution is 2.41. The Morgan fingerprint density at radius 2 is 1.81 bits per heavy atom. The summed E-state index contributed by atoms with van der Waals surface area (Å²) < 4.78 is 5.17. The standard InChI is InChI=1S/C19H19N3O5/c1-27-15-10-14-16-12(17(15)22(25)26)6-5-7-13(16)18(23)21(19(14)24)11-20-8-3-2-4-9-20/h5-7,10H,2-4,8-9,11H2,1H3. The molecule has 0 N–H and O–H groups in total. The van der Waals surface area contributed by atoms with Gasteiger partial charge in [-0.1, -0.05) is 12.5 Å². The van der Waals surface area contributed by atoms with Gasteiger partial charge in [-0.05, 0) is 38.1 Å². The zero-order chi connectivity index (χ0) is 19.1. The van der Waals surface area contributed by atoms with E-state index in [-0.39, 0.29) is 29.1 Å². The van der Waals surface area contributed by atoms with E-state index in [4.69, 9.17) is 4.74 Å². The summed E-state index contributed by atoms with van der Waals surface area (Å²) in [6.07, 6.45) is 3.24. The summed E-state index contributed by atoms with van der Waals surface area (Å²) in [5.41, 5.74) is 0.340. The molecule has 2 aliphatic heterocycles. The molecular weight excluding hydrogens is 350 g/mol. The van der Waals surface area contributed by atoms with Crippen molar-refractivity contribution in [2.24, 2.45) is 0 Å². The lowest BCUT2D eigenvalue weighted by molar-refractivity contribution is -0.383.